The van der Waals surface area contributed by atoms with Gasteiger partial charge in [0.15, 0.2) is 0 Å². The molecule has 0 aliphatic carbocycles. The van der Waals surface area contributed by atoms with Gasteiger partial charge in [-0.25, -0.2) is 4.79 Å². The summed E-state index contributed by atoms with van der Waals surface area (Å²) in [5, 5.41) is 1.48. The van der Waals surface area contributed by atoms with E-state index in [1.807, 2.05) is 48.5 Å². The monoisotopic (exact) mass is 410 g/mol. The number of methoxy groups -OCH3 is 1. The average Bonchev–Trinajstić information content (AvgIpc) is 3.14. The molecular weight excluding hydrogens is 388 g/mol. The Morgan fingerprint density at radius 1 is 1.14 bits per heavy atom. The molecule has 0 N–H and O–H groups in total. The van der Waals surface area contributed by atoms with Crippen molar-refractivity contribution in [3.8, 4) is 0 Å². The topological polar surface area (TPSA) is 51.5 Å². The van der Waals surface area contributed by atoms with Crippen LogP contribution in [0.25, 0.3) is 10.9 Å². The first-order chi connectivity index (χ1) is 14.1. The van der Waals surface area contributed by atoms with Crippen LogP contribution in [0.1, 0.15) is 33.6 Å². The second-order valence-corrected chi connectivity index (χ2v) is 7.83. The van der Waals surface area contributed by atoms with Crippen LogP contribution in [0, 0.1) is 5.92 Å². The highest BCUT2D eigenvalue weighted by Gasteiger charge is 2.29. The zero-order chi connectivity index (χ0) is 20.4. The standard InChI is InChI=1S/C23H23ClN2O3/c1-29-23(28)19-15-26(21-11-5-3-9-18(19)21)22(27)17-8-6-12-25(14-17)13-16-7-2-4-10-20(16)24/h2-5,7,9-11,15,17H,6,8,12-14H2,1H3/t17-/m1/s1. The third-order valence-electron chi connectivity index (χ3n) is 5.56. The summed E-state index contributed by atoms with van der Waals surface area (Å²) in [7, 11) is 1.35. The predicted octanol–water partition coefficient (Wildman–Crippen LogP) is 4.63. The molecule has 2 aromatic carbocycles. The van der Waals surface area contributed by atoms with Gasteiger partial charge in [-0.2, -0.15) is 0 Å². The lowest BCUT2D eigenvalue weighted by atomic mass is 9.96. The van der Waals surface area contributed by atoms with E-state index in [1.165, 1.54) is 7.11 Å². The van der Waals surface area contributed by atoms with Crippen LogP contribution < -0.4 is 0 Å². The van der Waals surface area contributed by atoms with E-state index in [4.69, 9.17) is 16.3 Å². The second-order valence-electron chi connectivity index (χ2n) is 7.43. The highest BCUT2D eigenvalue weighted by atomic mass is 35.5. The van der Waals surface area contributed by atoms with E-state index in [9.17, 15) is 9.59 Å². The summed E-state index contributed by atoms with van der Waals surface area (Å²) in [4.78, 5) is 27.8. The van der Waals surface area contributed by atoms with E-state index < -0.39 is 5.97 Å². The number of halogens is 1. The van der Waals surface area contributed by atoms with Gasteiger partial charge in [0.1, 0.15) is 0 Å². The Hall–Kier alpha value is -2.63. The number of hydrogen-bond donors (Lipinski definition) is 0. The minimum atomic E-state index is -0.434. The molecule has 0 unspecified atom stereocenters. The minimum Gasteiger partial charge on any atom is -0.465 e. The summed E-state index contributed by atoms with van der Waals surface area (Å²) in [6.07, 6.45) is 3.40. The molecule has 5 nitrogen and oxygen atoms in total. The molecule has 1 fully saturated rings. The number of carbonyl (C=O) groups is 2. The third-order valence-corrected chi connectivity index (χ3v) is 5.93. The van der Waals surface area contributed by atoms with Gasteiger partial charge in [0.25, 0.3) is 0 Å². The van der Waals surface area contributed by atoms with Crippen LogP contribution in [0.3, 0.4) is 0 Å². The lowest BCUT2D eigenvalue weighted by molar-refractivity contribution is 0.0603. The molecule has 0 radical (unpaired) electrons. The Bertz CT molecular complexity index is 1060. The lowest BCUT2D eigenvalue weighted by Crippen LogP contribution is -2.39. The minimum absolute atomic E-state index is 0.0141. The van der Waals surface area contributed by atoms with E-state index >= 15 is 0 Å². The Morgan fingerprint density at radius 2 is 1.90 bits per heavy atom. The number of hydrogen-bond acceptors (Lipinski definition) is 4. The van der Waals surface area contributed by atoms with Gasteiger partial charge in [0.2, 0.25) is 5.91 Å². The van der Waals surface area contributed by atoms with Crippen LogP contribution >= 0.6 is 11.6 Å². The second kappa shape index (κ2) is 8.39. The summed E-state index contributed by atoms with van der Waals surface area (Å²) in [5.41, 5.74) is 2.22. The summed E-state index contributed by atoms with van der Waals surface area (Å²) >= 11 is 6.31. The molecule has 1 aromatic heterocycles. The number of esters is 1. The van der Waals surface area contributed by atoms with Crippen LogP contribution in [0.5, 0.6) is 0 Å². The summed E-state index contributed by atoms with van der Waals surface area (Å²) in [6, 6.07) is 15.3. The molecule has 150 valence electrons. The number of fused-ring (bicyclic) bond motifs is 1. The molecule has 2 heterocycles. The molecule has 1 atom stereocenters. The van der Waals surface area contributed by atoms with Crippen molar-refractivity contribution in [2.45, 2.75) is 19.4 Å². The molecule has 29 heavy (non-hydrogen) atoms. The molecule has 4 rings (SSSR count). The molecule has 3 aromatic rings. The molecular formula is C23H23ClN2O3. The molecule has 1 aliphatic rings. The van der Waals surface area contributed by atoms with Crippen LogP contribution in [0.15, 0.2) is 54.7 Å². The summed E-state index contributed by atoms with van der Waals surface area (Å²) in [6.45, 7) is 2.34. The number of carbonyl (C=O) groups excluding carboxylic acids is 2. The first kappa shape index (κ1) is 19.7. The van der Waals surface area contributed by atoms with Crippen molar-refractivity contribution in [1.29, 1.82) is 0 Å². The van der Waals surface area contributed by atoms with E-state index in [-0.39, 0.29) is 11.8 Å². The van der Waals surface area contributed by atoms with E-state index in [1.54, 1.807) is 10.8 Å². The predicted molar refractivity (Wildman–Crippen MR) is 113 cm³/mol. The van der Waals surface area contributed by atoms with Gasteiger partial charge < -0.3 is 4.74 Å². The Kier molecular flexibility index (Phi) is 5.69. The van der Waals surface area contributed by atoms with E-state index in [0.717, 1.165) is 47.4 Å². The van der Waals surface area contributed by atoms with E-state index in [0.29, 0.717) is 12.1 Å². The Labute approximate surface area is 174 Å². The largest absolute Gasteiger partial charge is 0.465 e. The molecule has 1 aliphatic heterocycles. The van der Waals surface area contributed by atoms with Gasteiger partial charge in [0, 0.05) is 29.7 Å². The quantitative estimate of drug-likeness (QED) is 0.588. The lowest BCUT2D eigenvalue weighted by Gasteiger charge is -2.32. The number of para-hydroxylation sites is 1. The third kappa shape index (κ3) is 3.93. The van der Waals surface area contributed by atoms with Crippen LogP contribution in [0.2, 0.25) is 5.02 Å². The normalized spacial score (nSPS) is 17.4. The Balaban J connectivity index is 1.58. The summed E-state index contributed by atoms with van der Waals surface area (Å²) in [5.74, 6) is -0.551. The van der Waals surface area contributed by atoms with Crippen LogP contribution in [-0.2, 0) is 11.3 Å². The number of ether oxygens (including phenoxy) is 1. The van der Waals surface area contributed by atoms with Crippen LogP contribution in [0.4, 0.5) is 0 Å². The average molecular weight is 411 g/mol. The SMILES string of the molecule is COC(=O)c1cn(C(=O)[C@@H]2CCCN(Cc3ccccc3Cl)C2)c2ccccc12. The summed E-state index contributed by atoms with van der Waals surface area (Å²) < 4.78 is 6.51. The van der Waals surface area contributed by atoms with Crippen molar-refractivity contribution in [3.63, 3.8) is 0 Å². The first-order valence-electron chi connectivity index (χ1n) is 9.77. The highest BCUT2D eigenvalue weighted by molar-refractivity contribution is 6.31. The van der Waals surface area contributed by atoms with Crippen molar-refractivity contribution in [1.82, 2.24) is 9.47 Å². The Morgan fingerprint density at radius 3 is 2.69 bits per heavy atom. The molecule has 0 amide bonds. The fourth-order valence-electron chi connectivity index (χ4n) is 4.10. The van der Waals surface area contributed by atoms with Crippen molar-refractivity contribution in [3.05, 3.63) is 70.9 Å². The number of aromatic nitrogens is 1. The number of rotatable bonds is 4. The van der Waals surface area contributed by atoms with Crippen molar-refractivity contribution in [2.75, 3.05) is 20.2 Å². The van der Waals surface area contributed by atoms with Crippen molar-refractivity contribution >= 4 is 34.4 Å². The smallest absolute Gasteiger partial charge is 0.340 e. The van der Waals surface area contributed by atoms with Gasteiger partial charge in [-0.05, 0) is 37.1 Å². The molecule has 6 heteroatoms. The highest BCUT2D eigenvalue weighted by Crippen LogP contribution is 2.27. The number of piperidine rings is 1. The zero-order valence-corrected chi connectivity index (χ0v) is 17.1. The van der Waals surface area contributed by atoms with Crippen LogP contribution in [-0.4, -0.2) is 41.5 Å². The molecule has 1 saturated heterocycles. The maximum absolute atomic E-state index is 13.4. The molecule has 0 spiro atoms. The van der Waals surface area contributed by atoms with Gasteiger partial charge in [-0.1, -0.05) is 48.0 Å². The fourth-order valence-corrected chi connectivity index (χ4v) is 4.30. The first-order valence-corrected chi connectivity index (χ1v) is 10.1. The number of benzene rings is 2. The molecule has 0 saturated carbocycles. The van der Waals surface area contributed by atoms with Crippen molar-refractivity contribution < 1.29 is 14.3 Å². The maximum Gasteiger partial charge on any atom is 0.340 e. The fraction of sp³-hybridized carbons (Fsp3) is 0.304. The number of likely N-dealkylation sites (tertiary alicyclic amines) is 1. The molecule has 0 bridgehead atoms. The zero-order valence-electron chi connectivity index (χ0n) is 16.3. The van der Waals surface area contributed by atoms with Crippen molar-refractivity contribution in [2.24, 2.45) is 5.92 Å². The van der Waals surface area contributed by atoms with Gasteiger partial charge in [-0.3, -0.25) is 14.3 Å². The van der Waals surface area contributed by atoms with Gasteiger partial charge >= 0.3 is 5.97 Å². The van der Waals surface area contributed by atoms with E-state index in [2.05, 4.69) is 4.90 Å². The van der Waals surface area contributed by atoms with Gasteiger partial charge in [-0.15, -0.1) is 0 Å². The number of nitrogens with zero attached hydrogens (tertiary/aromatic N) is 2. The maximum atomic E-state index is 13.4. The van der Waals surface area contributed by atoms with Gasteiger partial charge in [0.05, 0.1) is 24.1 Å².